The molecule has 47 heavy (non-hydrogen) atoms. The average molecular weight is 658 g/mol. The predicted octanol–water partition coefficient (Wildman–Crippen LogP) is 1.91. The molecule has 3 aromatic rings. The molecule has 3 rings (SSSR count). The topological polar surface area (TPSA) is 180 Å². The first-order chi connectivity index (χ1) is 22.3. The highest BCUT2D eigenvalue weighted by atomic mass is 19.4. The molecule has 0 spiro atoms. The standard InChI is InChI=1S/C20H26F3N5O6.C13H12/c21-20(22,23)18(33)13(6-7-15(24)30)27-17(32)10-26-19(34)14(28-16(31)9-25-11-29)8-12-4-2-1-3-5-12;1-11-7-9-13(10-8-11)12-5-3-2-4-6-12/h1-5,11,13-14,18,33H,6-10H2,(H2,24,30)(H,25,29)(H,26,34)(H,27,32)(H,28,31);2-10H,1H3. The first-order valence-electron chi connectivity index (χ1n) is 14.5. The minimum atomic E-state index is -5.07. The lowest BCUT2D eigenvalue weighted by molar-refractivity contribution is -0.212. The van der Waals surface area contributed by atoms with Crippen molar-refractivity contribution >= 4 is 30.0 Å². The normalized spacial score (nSPS) is 12.6. The Morgan fingerprint density at radius 2 is 1.38 bits per heavy atom. The fraction of sp³-hybridized carbons (Fsp3) is 0.303. The second-order valence-corrected chi connectivity index (χ2v) is 10.4. The number of amides is 5. The number of rotatable bonds is 15. The van der Waals surface area contributed by atoms with Gasteiger partial charge in [0.1, 0.15) is 6.04 Å². The van der Waals surface area contributed by atoms with Crippen molar-refractivity contribution in [3.05, 3.63) is 96.1 Å². The number of aryl methyl sites for hydroxylation is 1. The molecule has 0 aliphatic heterocycles. The third kappa shape index (κ3) is 14.6. The van der Waals surface area contributed by atoms with E-state index in [1.54, 1.807) is 30.3 Å². The number of carbonyl (C=O) groups is 5. The van der Waals surface area contributed by atoms with Crippen LogP contribution in [0.15, 0.2) is 84.9 Å². The predicted molar refractivity (Wildman–Crippen MR) is 168 cm³/mol. The summed E-state index contributed by atoms with van der Waals surface area (Å²) < 4.78 is 38.6. The molecule has 3 aromatic carbocycles. The first-order valence-corrected chi connectivity index (χ1v) is 14.5. The van der Waals surface area contributed by atoms with E-state index in [-0.39, 0.29) is 6.42 Å². The molecule has 3 unspecified atom stereocenters. The number of nitrogens with one attached hydrogen (secondary N) is 4. The van der Waals surface area contributed by atoms with Crippen molar-refractivity contribution < 1.29 is 42.3 Å². The van der Waals surface area contributed by atoms with E-state index >= 15 is 0 Å². The fourth-order valence-corrected chi connectivity index (χ4v) is 4.20. The first kappa shape index (κ1) is 37.9. The Kier molecular flexibility index (Phi) is 15.6. The van der Waals surface area contributed by atoms with Gasteiger partial charge in [-0.3, -0.25) is 24.0 Å². The summed E-state index contributed by atoms with van der Waals surface area (Å²) in [5.74, 6) is -3.50. The van der Waals surface area contributed by atoms with E-state index in [1.807, 2.05) is 11.4 Å². The van der Waals surface area contributed by atoms with Crippen LogP contribution in [0.4, 0.5) is 13.2 Å². The molecule has 252 valence electrons. The van der Waals surface area contributed by atoms with Crippen molar-refractivity contribution in [3.63, 3.8) is 0 Å². The molecule has 0 fully saturated rings. The van der Waals surface area contributed by atoms with E-state index < -0.39 is 73.9 Å². The Bertz CT molecular complexity index is 1440. The average Bonchev–Trinajstić information content (AvgIpc) is 3.05. The minimum absolute atomic E-state index is 0.0230. The van der Waals surface area contributed by atoms with Gasteiger partial charge in [0, 0.05) is 12.8 Å². The van der Waals surface area contributed by atoms with Gasteiger partial charge in [0.25, 0.3) is 0 Å². The minimum Gasteiger partial charge on any atom is -0.382 e. The maximum atomic E-state index is 12.9. The number of aliphatic hydroxyl groups excluding tert-OH is 1. The summed E-state index contributed by atoms with van der Waals surface area (Å²) in [4.78, 5) is 57.9. The Morgan fingerprint density at radius 1 is 0.830 bits per heavy atom. The van der Waals surface area contributed by atoms with E-state index in [0.29, 0.717) is 12.0 Å². The number of nitrogens with two attached hydrogens (primary N) is 1. The van der Waals surface area contributed by atoms with Crippen molar-refractivity contribution in [2.75, 3.05) is 13.1 Å². The zero-order valence-electron chi connectivity index (χ0n) is 25.6. The van der Waals surface area contributed by atoms with E-state index in [9.17, 15) is 42.3 Å². The summed E-state index contributed by atoms with van der Waals surface area (Å²) in [7, 11) is 0. The molecule has 5 amide bonds. The Morgan fingerprint density at radius 3 is 1.94 bits per heavy atom. The number of carbonyl (C=O) groups excluding carboxylic acids is 5. The van der Waals surface area contributed by atoms with Crippen molar-refractivity contribution in [1.29, 1.82) is 0 Å². The van der Waals surface area contributed by atoms with Crippen molar-refractivity contribution in [1.82, 2.24) is 21.3 Å². The Hall–Kier alpha value is -5.24. The second-order valence-electron chi connectivity index (χ2n) is 10.4. The number of hydrogen-bond acceptors (Lipinski definition) is 6. The van der Waals surface area contributed by atoms with Crippen LogP contribution in [0.25, 0.3) is 11.1 Å². The highest BCUT2D eigenvalue weighted by molar-refractivity contribution is 5.91. The number of benzene rings is 3. The highest BCUT2D eigenvalue weighted by Crippen LogP contribution is 2.24. The molecule has 7 N–H and O–H groups in total. The van der Waals surface area contributed by atoms with E-state index in [2.05, 4.69) is 71.4 Å². The molecule has 0 saturated carbocycles. The van der Waals surface area contributed by atoms with E-state index in [1.165, 1.54) is 16.7 Å². The van der Waals surface area contributed by atoms with Gasteiger partial charge in [0.15, 0.2) is 6.10 Å². The number of primary amides is 1. The lowest BCUT2D eigenvalue weighted by atomic mass is 10.0. The van der Waals surface area contributed by atoms with Gasteiger partial charge in [-0.05, 0) is 30.0 Å². The lowest BCUT2D eigenvalue weighted by Gasteiger charge is -2.26. The molecule has 0 radical (unpaired) electrons. The zero-order chi connectivity index (χ0) is 34.8. The van der Waals surface area contributed by atoms with Gasteiger partial charge >= 0.3 is 6.18 Å². The van der Waals surface area contributed by atoms with Gasteiger partial charge in [-0.25, -0.2) is 0 Å². The van der Waals surface area contributed by atoms with Crippen LogP contribution < -0.4 is 27.0 Å². The van der Waals surface area contributed by atoms with Crippen LogP contribution in [0, 0.1) is 6.92 Å². The lowest BCUT2D eigenvalue weighted by Crippen LogP contribution is -2.54. The molecule has 0 heterocycles. The number of halogens is 3. The summed E-state index contributed by atoms with van der Waals surface area (Å²) in [6.45, 7) is 0.929. The molecule has 11 nitrogen and oxygen atoms in total. The molecule has 14 heteroatoms. The Labute approximate surface area is 270 Å². The molecule has 0 bridgehead atoms. The van der Waals surface area contributed by atoms with Gasteiger partial charge in [0.05, 0.1) is 19.1 Å². The quantitative estimate of drug-likeness (QED) is 0.136. The smallest absolute Gasteiger partial charge is 0.382 e. The molecule has 0 aliphatic carbocycles. The maximum absolute atomic E-state index is 12.9. The van der Waals surface area contributed by atoms with Gasteiger partial charge in [-0.1, -0.05) is 90.5 Å². The van der Waals surface area contributed by atoms with Gasteiger partial charge in [0.2, 0.25) is 30.0 Å². The molecule has 0 aliphatic rings. The van der Waals surface area contributed by atoms with Crippen LogP contribution in [0.5, 0.6) is 0 Å². The van der Waals surface area contributed by atoms with Crippen LogP contribution in [0.2, 0.25) is 0 Å². The SMILES string of the molecule is Cc1ccc(-c2ccccc2)cc1.NC(=O)CCC(NC(=O)CNC(=O)C(Cc1ccccc1)NC(=O)CNC=O)C(O)C(F)(F)F. The van der Waals surface area contributed by atoms with Crippen molar-refractivity contribution in [2.24, 2.45) is 5.73 Å². The van der Waals surface area contributed by atoms with E-state index in [0.717, 1.165) is 0 Å². The summed E-state index contributed by atoms with van der Waals surface area (Å²) in [5.41, 5.74) is 9.45. The number of hydrogen-bond donors (Lipinski definition) is 6. The summed E-state index contributed by atoms with van der Waals surface area (Å²) in [6, 6.07) is 24.5. The Balaban J connectivity index is 0.000000484. The van der Waals surface area contributed by atoms with Crippen molar-refractivity contribution in [3.8, 4) is 11.1 Å². The zero-order valence-corrected chi connectivity index (χ0v) is 25.6. The fourth-order valence-electron chi connectivity index (χ4n) is 4.20. The molecule has 0 saturated heterocycles. The van der Waals surface area contributed by atoms with E-state index in [4.69, 9.17) is 5.73 Å². The van der Waals surface area contributed by atoms with Crippen molar-refractivity contribution in [2.45, 2.75) is 50.6 Å². The monoisotopic (exact) mass is 657 g/mol. The van der Waals surface area contributed by atoms with Crippen LogP contribution in [0.3, 0.4) is 0 Å². The van der Waals surface area contributed by atoms with Crippen LogP contribution >= 0.6 is 0 Å². The third-order valence-corrected chi connectivity index (χ3v) is 6.63. The second kappa shape index (κ2) is 19.3. The largest absolute Gasteiger partial charge is 0.416 e. The summed E-state index contributed by atoms with van der Waals surface area (Å²) >= 11 is 0. The molecule has 3 atom stereocenters. The van der Waals surface area contributed by atoms with Crippen LogP contribution in [-0.2, 0) is 30.4 Å². The summed E-state index contributed by atoms with van der Waals surface area (Å²) in [5, 5.41) is 18.1. The van der Waals surface area contributed by atoms with Gasteiger partial charge in [-0.15, -0.1) is 0 Å². The molecular formula is C33H38F3N5O6. The van der Waals surface area contributed by atoms with Crippen LogP contribution in [-0.4, -0.2) is 72.6 Å². The number of alkyl halides is 3. The van der Waals surface area contributed by atoms with Gasteiger partial charge < -0.3 is 32.1 Å². The third-order valence-electron chi connectivity index (χ3n) is 6.63. The molecular weight excluding hydrogens is 619 g/mol. The highest BCUT2D eigenvalue weighted by Gasteiger charge is 2.44. The molecule has 0 aromatic heterocycles. The summed E-state index contributed by atoms with van der Waals surface area (Å²) in [6.07, 6.45) is -8.81. The number of aliphatic hydroxyl groups is 1. The maximum Gasteiger partial charge on any atom is 0.416 e. The van der Waals surface area contributed by atoms with Gasteiger partial charge in [-0.2, -0.15) is 13.2 Å². The van der Waals surface area contributed by atoms with Crippen LogP contribution in [0.1, 0.15) is 24.0 Å².